The Morgan fingerprint density at radius 2 is 2.07 bits per heavy atom. The summed E-state index contributed by atoms with van der Waals surface area (Å²) >= 11 is 0. The van der Waals surface area contributed by atoms with Crippen molar-refractivity contribution in [3.63, 3.8) is 0 Å². The molecule has 1 aliphatic heterocycles. The van der Waals surface area contributed by atoms with Crippen LogP contribution >= 0.6 is 0 Å². The van der Waals surface area contributed by atoms with Crippen molar-refractivity contribution in [2.75, 3.05) is 19.7 Å². The highest BCUT2D eigenvalue weighted by atomic mass is 16.5. The maximum atomic E-state index is 12.3. The Labute approximate surface area is 157 Å². The number of likely N-dealkylation sites (tertiary alicyclic amines) is 1. The maximum Gasteiger partial charge on any atom is 0.311 e. The van der Waals surface area contributed by atoms with Gasteiger partial charge < -0.3 is 19.3 Å². The van der Waals surface area contributed by atoms with Crippen LogP contribution in [0.5, 0.6) is 5.75 Å². The third kappa shape index (κ3) is 4.27. The Balaban J connectivity index is 1.55. The first-order valence-corrected chi connectivity index (χ1v) is 8.98. The molecule has 1 aromatic carbocycles. The number of hydrogen-bond acceptors (Lipinski definition) is 6. The number of aromatic nitrogens is 2. The summed E-state index contributed by atoms with van der Waals surface area (Å²) in [6.07, 6.45) is 1.00. The van der Waals surface area contributed by atoms with Gasteiger partial charge >= 0.3 is 5.97 Å². The summed E-state index contributed by atoms with van der Waals surface area (Å²) in [6, 6.07) is 7.37. The predicted molar refractivity (Wildman–Crippen MR) is 96.2 cm³/mol. The molecule has 0 radical (unpaired) electrons. The molecule has 2 heterocycles. The monoisotopic (exact) mass is 373 g/mol. The highest BCUT2D eigenvalue weighted by molar-refractivity contribution is 5.80. The van der Waals surface area contributed by atoms with Crippen LogP contribution in [0.15, 0.2) is 28.8 Å². The van der Waals surface area contributed by atoms with Gasteiger partial charge in [-0.1, -0.05) is 5.16 Å². The van der Waals surface area contributed by atoms with E-state index in [4.69, 9.17) is 9.26 Å². The van der Waals surface area contributed by atoms with Crippen molar-refractivity contribution in [1.29, 1.82) is 0 Å². The highest BCUT2D eigenvalue weighted by Gasteiger charge is 2.41. The van der Waals surface area contributed by atoms with E-state index in [1.54, 1.807) is 11.8 Å². The molecule has 1 aliphatic rings. The first kappa shape index (κ1) is 18.9. The van der Waals surface area contributed by atoms with Crippen LogP contribution < -0.4 is 4.74 Å². The van der Waals surface area contributed by atoms with Gasteiger partial charge in [-0.25, -0.2) is 0 Å². The Hall–Kier alpha value is -2.90. The second-order valence-corrected chi connectivity index (χ2v) is 6.90. The van der Waals surface area contributed by atoms with Crippen LogP contribution in [0.3, 0.4) is 0 Å². The van der Waals surface area contributed by atoms with Gasteiger partial charge in [-0.15, -0.1) is 0 Å². The summed E-state index contributed by atoms with van der Waals surface area (Å²) in [7, 11) is 0. The minimum atomic E-state index is -0.866. The number of amides is 1. The summed E-state index contributed by atoms with van der Waals surface area (Å²) < 4.78 is 10.6. The number of rotatable bonds is 7. The van der Waals surface area contributed by atoms with Gasteiger partial charge in [-0.05, 0) is 44.5 Å². The largest absolute Gasteiger partial charge is 0.494 e. The molecule has 0 aliphatic carbocycles. The second-order valence-electron chi connectivity index (χ2n) is 6.90. The van der Waals surface area contributed by atoms with Crippen molar-refractivity contribution in [3.8, 4) is 17.1 Å². The predicted octanol–water partition coefficient (Wildman–Crippen LogP) is 2.39. The fourth-order valence-electron chi connectivity index (χ4n) is 3.06. The molecule has 8 nitrogen and oxygen atoms in total. The quantitative estimate of drug-likeness (QED) is 0.794. The molecule has 1 unspecified atom stereocenters. The molecule has 1 N–H and O–H groups in total. The summed E-state index contributed by atoms with van der Waals surface area (Å²) in [6.45, 7) is 4.89. The van der Waals surface area contributed by atoms with Crippen LogP contribution in [0.4, 0.5) is 0 Å². The Bertz CT molecular complexity index is 817. The molecule has 1 atom stereocenters. The van der Waals surface area contributed by atoms with Gasteiger partial charge in [-0.3, -0.25) is 9.59 Å². The van der Waals surface area contributed by atoms with Gasteiger partial charge in [0.25, 0.3) is 0 Å². The van der Waals surface area contributed by atoms with E-state index in [1.165, 1.54) is 0 Å². The van der Waals surface area contributed by atoms with E-state index in [0.717, 1.165) is 11.3 Å². The minimum Gasteiger partial charge on any atom is -0.494 e. The van der Waals surface area contributed by atoms with E-state index in [1.807, 2.05) is 31.2 Å². The van der Waals surface area contributed by atoms with Gasteiger partial charge in [-0.2, -0.15) is 4.98 Å². The van der Waals surface area contributed by atoms with Crippen molar-refractivity contribution >= 4 is 11.9 Å². The van der Waals surface area contributed by atoms with Gasteiger partial charge in [0.05, 0.1) is 12.0 Å². The fourth-order valence-corrected chi connectivity index (χ4v) is 3.06. The number of aliphatic carboxylic acids is 1. The smallest absolute Gasteiger partial charge is 0.311 e. The maximum absolute atomic E-state index is 12.3. The lowest BCUT2D eigenvalue weighted by molar-refractivity contribution is -0.147. The zero-order valence-electron chi connectivity index (χ0n) is 15.5. The molecule has 8 heteroatoms. The SMILES string of the molecule is CCOc1ccc(-c2noc(CCC(=O)N3CCC(C)(C(=O)O)C3)n2)cc1. The van der Waals surface area contributed by atoms with E-state index >= 15 is 0 Å². The van der Waals surface area contributed by atoms with Crippen molar-refractivity contribution in [2.45, 2.75) is 33.1 Å². The second kappa shape index (κ2) is 7.77. The average molecular weight is 373 g/mol. The molecular weight excluding hydrogens is 350 g/mol. The van der Waals surface area contributed by atoms with Gasteiger partial charge in [0.1, 0.15) is 5.75 Å². The lowest BCUT2D eigenvalue weighted by Crippen LogP contribution is -2.34. The molecule has 1 amide bonds. The van der Waals surface area contributed by atoms with E-state index in [9.17, 15) is 14.7 Å². The topological polar surface area (TPSA) is 106 Å². The normalized spacial score (nSPS) is 19.3. The Morgan fingerprint density at radius 3 is 2.70 bits per heavy atom. The third-order valence-electron chi connectivity index (χ3n) is 4.79. The van der Waals surface area contributed by atoms with E-state index in [0.29, 0.717) is 37.7 Å². The molecule has 3 rings (SSSR count). The average Bonchev–Trinajstić information content (AvgIpc) is 3.28. The van der Waals surface area contributed by atoms with Gasteiger partial charge in [0.2, 0.25) is 17.6 Å². The molecule has 0 spiro atoms. The molecular formula is C19H23N3O5. The van der Waals surface area contributed by atoms with E-state index < -0.39 is 11.4 Å². The first-order chi connectivity index (χ1) is 12.9. The number of aryl methyl sites for hydroxylation is 1. The molecule has 0 bridgehead atoms. The van der Waals surface area contributed by atoms with Gasteiger partial charge in [0.15, 0.2) is 0 Å². The summed E-state index contributed by atoms with van der Waals surface area (Å²) in [4.78, 5) is 29.5. The van der Waals surface area contributed by atoms with Crippen LogP contribution in [-0.4, -0.2) is 51.7 Å². The van der Waals surface area contributed by atoms with Crippen molar-refractivity contribution in [3.05, 3.63) is 30.2 Å². The highest BCUT2D eigenvalue weighted by Crippen LogP contribution is 2.30. The molecule has 1 saturated heterocycles. The summed E-state index contributed by atoms with van der Waals surface area (Å²) in [5.74, 6) is 0.651. The number of carboxylic acid groups (broad SMARTS) is 1. The van der Waals surface area contributed by atoms with Gasteiger partial charge in [0, 0.05) is 31.5 Å². The number of hydrogen-bond donors (Lipinski definition) is 1. The first-order valence-electron chi connectivity index (χ1n) is 8.98. The number of carboxylic acids is 1. The Morgan fingerprint density at radius 1 is 1.33 bits per heavy atom. The van der Waals surface area contributed by atoms with E-state index in [2.05, 4.69) is 10.1 Å². The van der Waals surface area contributed by atoms with Crippen molar-refractivity contribution in [2.24, 2.45) is 5.41 Å². The standard InChI is InChI=1S/C19H23N3O5/c1-3-26-14-6-4-13(5-7-14)17-20-15(27-21-17)8-9-16(23)22-11-10-19(2,12-22)18(24)25/h4-7H,3,8-12H2,1-2H3,(H,24,25). The van der Waals surface area contributed by atoms with Crippen LogP contribution in [-0.2, 0) is 16.0 Å². The number of benzene rings is 1. The summed E-state index contributed by atoms with van der Waals surface area (Å²) in [5, 5.41) is 13.2. The number of carbonyl (C=O) groups excluding carboxylic acids is 1. The molecule has 1 fully saturated rings. The number of ether oxygens (including phenoxy) is 1. The fraction of sp³-hybridized carbons (Fsp3) is 0.474. The molecule has 1 aromatic heterocycles. The zero-order chi connectivity index (χ0) is 19.4. The van der Waals surface area contributed by atoms with Crippen molar-refractivity contribution < 1.29 is 24.0 Å². The van der Waals surface area contributed by atoms with E-state index in [-0.39, 0.29) is 18.9 Å². The Kier molecular flexibility index (Phi) is 5.43. The lowest BCUT2D eigenvalue weighted by Gasteiger charge is -2.19. The van der Waals surface area contributed by atoms with Crippen LogP contribution in [0.1, 0.15) is 32.6 Å². The van der Waals surface area contributed by atoms with Crippen LogP contribution in [0.2, 0.25) is 0 Å². The minimum absolute atomic E-state index is 0.0965. The van der Waals surface area contributed by atoms with Crippen LogP contribution in [0, 0.1) is 5.41 Å². The summed E-state index contributed by atoms with van der Waals surface area (Å²) in [5.41, 5.74) is -0.0578. The van der Waals surface area contributed by atoms with Crippen LogP contribution in [0.25, 0.3) is 11.4 Å². The van der Waals surface area contributed by atoms with Crippen molar-refractivity contribution in [1.82, 2.24) is 15.0 Å². The number of carbonyl (C=O) groups is 2. The lowest BCUT2D eigenvalue weighted by atomic mass is 9.90. The molecule has 27 heavy (non-hydrogen) atoms. The molecule has 0 saturated carbocycles. The molecule has 144 valence electrons. The zero-order valence-corrected chi connectivity index (χ0v) is 15.5. The number of nitrogens with zero attached hydrogens (tertiary/aromatic N) is 3. The molecule has 2 aromatic rings. The third-order valence-corrected chi connectivity index (χ3v) is 4.79.